The molecule has 0 unspecified atom stereocenters. The maximum absolute atomic E-state index is 11.6. The minimum Gasteiger partial charge on any atom is -0.384 e. The highest BCUT2D eigenvalue weighted by Crippen LogP contribution is 2.34. The van der Waals surface area contributed by atoms with Gasteiger partial charge in [-0.05, 0) is 30.4 Å². The van der Waals surface area contributed by atoms with Crippen LogP contribution < -0.4 is 16.2 Å². The van der Waals surface area contributed by atoms with Crippen LogP contribution in [0.1, 0.15) is 67.4 Å². The number of aromatic nitrogens is 1. The van der Waals surface area contributed by atoms with Crippen molar-refractivity contribution in [1.82, 2.24) is 10.3 Å². The number of carbonyl (C=O) groups excluding carboxylic acids is 1. The monoisotopic (exact) mass is 402 g/mol. The van der Waals surface area contributed by atoms with Gasteiger partial charge in [-0.3, -0.25) is 9.93 Å². The lowest BCUT2D eigenvalue weighted by atomic mass is 9.75. The number of anilines is 1. The fourth-order valence-electron chi connectivity index (χ4n) is 2.34. The Hall–Kier alpha value is -1.31. The van der Waals surface area contributed by atoms with E-state index in [0.717, 1.165) is 24.2 Å². The molecule has 1 amide bonds. The smallest absolute Gasteiger partial charge is 0.225 e. The first-order valence-electron chi connectivity index (χ1n) is 9.43. The molecule has 0 spiro atoms. The molecule has 160 valence electrons. The maximum Gasteiger partial charge on any atom is 0.225 e. The molecule has 0 radical (unpaired) electrons. The van der Waals surface area contributed by atoms with Crippen LogP contribution in [0.4, 0.5) is 5.82 Å². The summed E-state index contributed by atoms with van der Waals surface area (Å²) < 4.78 is 5.12. The average molecular weight is 403 g/mol. The summed E-state index contributed by atoms with van der Waals surface area (Å²) in [4.78, 5) is 15.5. The van der Waals surface area contributed by atoms with Gasteiger partial charge in [0.25, 0.3) is 0 Å². The molecule has 0 saturated carbocycles. The van der Waals surface area contributed by atoms with Gasteiger partial charge < -0.3 is 15.2 Å². The van der Waals surface area contributed by atoms with Crippen LogP contribution in [0.25, 0.3) is 0 Å². The second kappa shape index (κ2) is 16.8. The predicted octanol–water partition coefficient (Wildman–Crippen LogP) is 4.74. The van der Waals surface area contributed by atoms with Crippen molar-refractivity contribution in [2.75, 3.05) is 19.4 Å². The number of carbonyl (C=O) groups is 1. The van der Waals surface area contributed by atoms with Crippen molar-refractivity contribution in [2.45, 2.75) is 68.7 Å². The number of aryl methyl sites for hydroxylation is 1. The Morgan fingerprint density at radius 3 is 2.04 bits per heavy atom. The molecular formula is C20H42N4O2S. The van der Waals surface area contributed by atoms with Gasteiger partial charge in [-0.25, -0.2) is 4.98 Å². The topological polar surface area (TPSA) is 103 Å². The molecule has 0 atom stereocenters. The van der Waals surface area contributed by atoms with Crippen LogP contribution in [0, 0.1) is 17.8 Å². The number of amides is 1. The standard InChI is InChI=1S/C10H22N2O2S.C6H8N2.2C2H6/c1-9(2,7-14-15-11)6-10(3,4)8(13)12-5;1-5-2-3-6(7)8-4-5;2*1-2/h6-7,11H2,1-5H3,(H,12,13);2-4H,1H3,(H2,7,8);2*1-2H3. The van der Waals surface area contributed by atoms with E-state index in [9.17, 15) is 4.79 Å². The van der Waals surface area contributed by atoms with E-state index in [-0.39, 0.29) is 16.7 Å². The highest BCUT2D eigenvalue weighted by Gasteiger charge is 2.34. The van der Waals surface area contributed by atoms with Gasteiger partial charge in [-0.15, -0.1) is 0 Å². The number of nitrogens with one attached hydrogen (secondary N) is 1. The lowest BCUT2D eigenvalue weighted by Crippen LogP contribution is -2.39. The minimum atomic E-state index is -0.388. The van der Waals surface area contributed by atoms with Crippen LogP contribution >= 0.6 is 12.2 Å². The first-order valence-corrected chi connectivity index (χ1v) is 10.2. The molecule has 1 rings (SSSR count). The van der Waals surface area contributed by atoms with Gasteiger partial charge >= 0.3 is 0 Å². The van der Waals surface area contributed by atoms with E-state index in [2.05, 4.69) is 24.1 Å². The van der Waals surface area contributed by atoms with Gasteiger partial charge in [0.15, 0.2) is 0 Å². The Morgan fingerprint density at radius 2 is 1.70 bits per heavy atom. The summed E-state index contributed by atoms with van der Waals surface area (Å²) in [5.41, 5.74) is 6.00. The maximum atomic E-state index is 11.6. The molecule has 7 heteroatoms. The Labute approximate surface area is 171 Å². The van der Waals surface area contributed by atoms with E-state index in [0.29, 0.717) is 12.4 Å². The van der Waals surface area contributed by atoms with Crippen LogP contribution in [-0.4, -0.2) is 24.5 Å². The number of nitrogen functional groups attached to an aromatic ring is 1. The van der Waals surface area contributed by atoms with E-state index in [4.69, 9.17) is 15.1 Å². The predicted molar refractivity (Wildman–Crippen MR) is 120 cm³/mol. The lowest BCUT2D eigenvalue weighted by Gasteiger charge is -2.32. The zero-order chi connectivity index (χ0) is 22.1. The summed E-state index contributed by atoms with van der Waals surface area (Å²) in [5.74, 6) is 0.631. The number of rotatable bonds is 6. The molecule has 5 N–H and O–H groups in total. The van der Waals surface area contributed by atoms with E-state index < -0.39 is 0 Å². The van der Waals surface area contributed by atoms with Gasteiger partial charge in [0.2, 0.25) is 5.91 Å². The molecule has 0 aliphatic carbocycles. The summed E-state index contributed by atoms with van der Waals surface area (Å²) in [6.45, 7) is 18.5. The molecule has 1 heterocycles. The Morgan fingerprint density at radius 1 is 1.19 bits per heavy atom. The van der Waals surface area contributed by atoms with Gasteiger partial charge in [-0.2, -0.15) is 0 Å². The second-order valence-electron chi connectivity index (χ2n) is 6.92. The fraction of sp³-hybridized carbons (Fsp3) is 0.700. The average Bonchev–Trinajstić information content (AvgIpc) is 2.64. The first kappa shape index (κ1) is 30.4. The zero-order valence-corrected chi connectivity index (χ0v) is 19.8. The summed E-state index contributed by atoms with van der Waals surface area (Å²) in [6, 6.07) is 3.72. The quantitative estimate of drug-likeness (QED) is 0.469. The van der Waals surface area contributed by atoms with E-state index in [1.807, 2.05) is 54.5 Å². The van der Waals surface area contributed by atoms with Crippen molar-refractivity contribution in [3.8, 4) is 0 Å². The minimum absolute atomic E-state index is 0.0518. The molecule has 1 aromatic rings. The number of pyridine rings is 1. The Bertz CT molecular complexity index is 456. The van der Waals surface area contributed by atoms with Crippen molar-refractivity contribution < 1.29 is 8.98 Å². The third kappa shape index (κ3) is 16.6. The highest BCUT2D eigenvalue weighted by atomic mass is 32.2. The molecule has 0 aliphatic heterocycles. The molecule has 6 nitrogen and oxygen atoms in total. The number of hydrogen-bond donors (Lipinski definition) is 3. The third-order valence-corrected chi connectivity index (χ3v) is 3.47. The van der Waals surface area contributed by atoms with E-state index in [1.54, 1.807) is 19.3 Å². The molecular weight excluding hydrogens is 360 g/mol. The SMILES string of the molecule is CC.CC.CNC(=O)C(C)(C)CC(C)(C)COSN.Cc1ccc(N)nc1. The summed E-state index contributed by atoms with van der Waals surface area (Å²) in [5, 5.41) is 7.87. The van der Waals surface area contributed by atoms with Gasteiger partial charge in [0.05, 0.1) is 18.8 Å². The van der Waals surface area contributed by atoms with E-state index in [1.165, 1.54) is 0 Å². The molecule has 27 heavy (non-hydrogen) atoms. The molecule has 0 aliphatic rings. The van der Waals surface area contributed by atoms with Crippen LogP contribution in [0.2, 0.25) is 0 Å². The second-order valence-corrected chi connectivity index (χ2v) is 7.35. The number of nitrogens with zero attached hydrogens (tertiary/aromatic N) is 1. The summed E-state index contributed by atoms with van der Waals surface area (Å²) in [7, 11) is 1.66. The summed E-state index contributed by atoms with van der Waals surface area (Å²) in [6.07, 6.45) is 2.50. The summed E-state index contributed by atoms with van der Waals surface area (Å²) >= 11 is 0.868. The van der Waals surface area contributed by atoms with Crippen molar-refractivity contribution in [1.29, 1.82) is 0 Å². The van der Waals surface area contributed by atoms with Crippen molar-refractivity contribution in [3.05, 3.63) is 23.9 Å². The molecule has 0 aromatic carbocycles. The number of hydrogen-bond acceptors (Lipinski definition) is 6. The van der Waals surface area contributed by atoms with Crippen LogP contribution in [0.5, 0.6) is 0 Å². The van der Waals surface area contributed by atoms with Crippen molar-refractivity contribution in [2.24, 2.45) is 16.0 Å². The molecule has 0 fully saturated rings. The Balaban J connectivity index is -0.000000400. The van der Waals surface area contributed by atoms with Gasteiger partial charge in [-0.1, -0.05) is 61.5 Å². The van der Waals surface area contributed by atoms with Gasteiger partial charge in [0.1, 0.15) is 5.82 Å². The lowest BCUT2D eigenvalue weighted by molar-refractivity contribution is -0.130. The first-order chi connectivity index (χ1) is 12.5. The highest BCUT2D eigenvalue weighted by molar-refractivity contribution is 7.92. The van der Waals surface area contributed by atoms with Crippen LogP contribution in [0.15, 0.2) is 18.3 Å². The fourth-order valence-corrected chi connectivity index (χ4v) is 2.73. The molecule has 0 saturated heterocycles. The zero-order valence-electron chi connectivity index (χ0n) is 19.0. The van der Waals surface area contributed by atoms with E-state index >= 15 is 0 Å². The normalized spacial score (nSPS) is 10.2. The Kier molecular flexibility index (Phi) is 19.0. The largest absolute Gasteiger partial charge is 0.384 e. The number of nitrogens with two attached hydrogens (primary N) is 2. The third-order valence-electron chi connectivity index (χ3n) is 3.21. The van der Waals surface area contributed by atoms with Crippen molar-refractivity contribution >= 4 is 24.0 Å². The molecule has 1 aromatic heterocycles. The van der Waals surface area contributed by atoms with Crippen molar-refractivity contribution in [3.63, 3.8) is 0 Å². The van der Waals surface area contributed by atoms with Crippen LogP contribution in [0.3, 0.4) is 0 Å². The molecule has 0 bridgehead atoms. The van der Waals surface area contributed by atoms with Crippen LogP contribution in [-0.2, 0) is 8.98 Å². The van der Waals surface area contributed by atoms with Gasteiger partial charge in [0, 0.05) is 18.7 Å².